The molecule has 0 saturated heterocycles. The van der Waals surface area contributed by atoms with Gasteiger partial charge in [-0.3, -0.25) is 10.1 Å². The van der Waals surface area contributed by atoms with Gasteiger partial charge in [0.05, 0.1) is 12.7 Å². The number of amides is 3. The van der Waals surface area contributed by atoms with Crippen molar-refractivity contribution in [3.05, 3.63) is 29.8 Å². The lowest BCUT2D eigenvalue weighted by molar-refractivity contribution is -0.120. The number of primary amides is 1. The summed E-state index contributed by atoms with van der Waals surface area (Å²) < 4.78 is 5.52. The minimum absolute atomic E-state index is 0.159. The number of imide groups is 1. The Balaban J connectivity index is 2.61. The monoisotopic (exact) mass is 279 g/mol. The molecule has 1 aromatic carbocycles. The van der Waals surface area contributed by atoms with E-state index < -0.39 is 18.0 Å². The van der Waals surface area contributed by atoms with Gasteiger partial charge in [0.1, 0.15) is 6.04 Å². The summed E-state index contributed by atoms with van der Waals surface area (Å²) in [5, 5.41) is 5.03. The highest BCUT2D eigenvalue weighted by Crippen LogP contribution is 2.13. The van der Waals surface area contributed by atoms with Crippen molar-refractivity contribution in [1.82, 2.24) is 5.32 Å². The van der Waals surface area contributed by atoms with E-state index in [1.807, 2.05) is 43.4 Å². The number of carbonyl (C=O) groups excluding carboxylic acids is 2. The lowest BCUT2D eigenvalue weighted by Gasteiger charge is -2.15. The molecule has 1 rings (SSSR count). The molecule has 3 amide bonds. The van der Waals surface area contributed by atoms with E-state index in [0.717, 1.165) is 11.3 Å². The van der Waals surface area contributed by atoms with Gasteiger partial charge in [-0.15, -0.1) is 0 Å². The minimum Gasteiger partial charge on any atom is -0.374 e. The number of ether oxygens (including phenoxy) is 1. The summed E-state index contributed by atoms with van der Waals surface area (Å²) in [4.78, 5) is 22.2. The van der Waals surface area contributed by atoms with Crippen LogP contribution in [0, 0.1) is 0 Å². The summed E-state index contributed by atoms with van der Waals surface area (Å²) in [6.45, 7) is 6.10. The molecule has 0 fully saturated rings. The maximum absolute atomic E-state index is 11.6. The predicted octanol–water partition coefficient (Wildman–Crippen LogP) is 1.61. The number of nitrogens with two attached hydrogens (primary N) is 1. The van der Waals surface area contributed by atoms with Crippen LogP contribution in [-0.2, 0) is 16.1 Å². The average molecular weight is 279 g/mol. The van der Waals surface area contributed by atoms with E-state index in [2.05, 4.69) is 5.32 Å². The molecule has 0 heterocycles. The van der Waals surface area contributed by atoms with Gasteiger partial charge in [0.15, 0.2) is 0 Å². The van der Waals surface area contributed by atoms with E-state index in [9.17, 15) is 9.59 Å². The van der Waals surface area contributed by atoms with Gasteiger partial charge in [0.25, 0.3) is 0 Å². The van der Waals surface area contributed by atoms with Gasteiger partial charge in [0.2, 0.25) is 5.91 Å². The van der Waals surface area contributed by atoms with Crippen molar-refractivity contribution < 1.29 is 14.3 Å². The molecule has 0 saturated carbocycles. The molecule has 0 bridgehead atoms. The van der Waals surface area contributed by atoms with Crippen molar-refractivity contribution in [2.24, 2.45) is 5.73 Å². The second-order valence-electron chi connectivity index (χ2n) is 4.78. The third-order valence-electron chi connectivity index (χ3n) is 2.53. The highest BCUT2D eigenvalue weighted by Gasteiger charge is 2.14. The lowest BCUT2D eigenvalue weighted by Crippen LogP contribution is -2.43. The number of benzene rings is 1. The summed E-state index contributed by atoms with van der Waals surface area (Å²) in [6.07, 6.45) is 0.159. The molecule has 1 aromatic rings. The summed E-state index contributed by atoms with van der Waals surface area (Å²) in [5.41, 5.74) is 6.69. The quantitative estimate of drug-likeness (QED) is 0.737. The zero-order valence-electron chi connectivity index (χ0n) is 12.0. The third kappa shape index (κ3) is 5.71. The molecule has 0 radical (unpaired) electrons. The maximum atomic E-state index is 11.6. The van der Waals surface area contributed by atoms with Gasteiger partial charge in [-0.1, -0.05) is 12.1 Å². The Morgan fingerprint density at radius 1 is 1.30 bits per heavy atom. The zero-order valence-corrected chi connectivity index (χ0v) is 12.0. The number of carbonyl (C=O) groups is 2. The maximum Gasteiger partial charge on any atom is 0.318 e. The smallest absolute Gasteiger partial charge is 0.318 e. The van der Waals surface area contributed by atoms with Crippen molar-refractivity contribution >= 4 is 17.6 Å². The largest absolute Gasteiger partial charge is 0.374 e. The molecule has 0 aliphatic rings. The summed E-state index contributed by atoms with van der Waals surface area (Å²) >= 11 is 0. The molecule has 0 spiro atoms. The Morgan fingerprint density at radius 2 is 2.00 bits per heavy atom. The van der Waals surface area contributed by atoms with Gasteiger partial charge in [-0.25, -0.2) is 4.79 Å². The van der Waals surface area contributed by atoms with Gasteiger partial charge in [-0.2, -0.15) is 0 Å². The highest BCUT2D eigenvalue weighted by molar-refractivity contribution is 5.97. The van der Waals surface area contributed by atoms with Crippen LogP contribution in [0.3, 0.4) is 0 Å². The standard InChI is InChI=1S/C14H21N3O3/c1-9(2)20-8-11-5-4-6-12(7-11)16-10(3)13(18)17-14(15)19/h4-7,9-10,16H,8H2,1-3H3,(H3,15,17,18,19). The van der Waals surface area contributed by atoms with Crippen molar-refractivity contribution in [2.45, 2.75) is 39.5 Å². The Labute approximate surface area is 118 Å². The number of anilines is 1. The van der Waals surface area contributed by atoms with Crippen LogP contribution in [0.2, 0.25) is 0 Å². The molecule has 4 N–H and O–H groups in total. The Hall–Kier alpha value is -2.08. The molecular weight excluding hydrogens is 258 g/mol. The summed E-state index contributed by atoms with van der Waals surface area (Å²) in [7, 11) is 0. The molecule has 6 heteroatoms. The fourth-order valence-electron chi connectivity index (χ4n) is 1.56. The van der Waals surface area contributed by atoms with Crippen LogP contribution >= 0.6 is 0 Å². The SMILES string of the molecule is CC(C)OCc1cccc(NC(C)C(=O)NC(N)=O)c1. The fraction of sp³-hybridized carbons (Fsp3) is 0.429. The molecular formula is C14H21N3O3. The van der Waals surface area contributed by atoms with Crippen LogP contribution in [0.5, 0.6) is 0 Å². The number of hydrogen-bond acceptors (Lipinski definition) is 4. The predicted molar refractivity (Wildman–Crippen MR) is 77.2 cm³/mol. The first-order valence-electron chi connectivity index (χ1n) is 6.46. The highest BCUT2D eigenvalue weighted by atomic mass is 16.5. The molecule has 6 nitrogen and oxygen atoms in total. The first-order chi connectivity index (χ1) is 9.38. The van der Waals surface area contributed by atoms with Crippen LogP contribution < -0.4 is 16.4 Å². The summed E-state index contributed by atoms with van der Waals surface area (Å²) in [6, 6.07) is 6.14. The van der Waals surface area contributed by atoms with E-state index in [0.29, 0.717) is 6.61 Å². The minimum atomic E-state index is -0.859. The average Bonchev–Trinajstić information content (AvgIpc) is 2.36. The van der Waals surface area contributed by atoms with Crippen LogP contribution in [0.25, 0.3) is 0 Å². The van der Waals surface area contributed by atoms with Gasteiger partial charge in [-0.05, 0) is 38.5 Å². The fourth-order valence-corrected chi connectivity index (χ4v) is 1.56. The Bertz CT molecular complexity index is 474. The van der Waals surface area contributed by atoms with E-state index in [4.69, 9.17) is 10.5 Å². The lowest BCUT2D eigenvalue weighted by atomic mass is 10.2. The Kier molecular flexibility index (Phi) is 5.99. The normalized spacial score (nSPS) is 12.0. The second kappa shape index (κ2) is 7.49. The molecule has 0 aliphatic heterocycles. The van der Waals surface area contributed by atoms with Gasteiger partial charge >= 0.3 is 6.03 Å². The van der Waals surface area contributed by atoms with E-state index in [1.54, 1.807) is 6.92 Å². The molecule has 110 valence electrons. The Morgan fingerprint density at radius 3 is 2.60 bits per heavy atom. The number of hydrogen-bond donors (Lipinski definition) is 3. The molecule has 0 aromatic heterocycles. The number of urea groups is 1. The topological polar surface area (TPSA) is 93.4 Å². The van der Waals surface area contributed by atoms with E-state index in [-0.39, 0.29) is 6.10 Å². The second-order valence-corrected chi connectivity index (χ2v) is 4.78. The zero-order chi connectivity index (χ0) is 15.1. The number of nitrogens with one attached hydrogen (secondary N) is 2. The summed E-state index contributed by atoms with van der Waals surface area (Å²) in [5.74, 6) is -0.471. The van der Waals surface area contributed by atoms with E-state index in [1.165, 1.54) is 0 Å². The van der Waals surface area contributed by atoms with Crippen LogP contribution in [-0.4, -0.2) is 24.1 Å². The molecule has 1 unspecified atom stereocenters. The molecule has 1 atom stereocenters. The van der Waals surface area contributed by atoms with Crippen LogP contribution in [0.1, 0.15) is 26.3 Å². The van der Waals surface area contributed by atoms with Crippen molar-refractivity contribution in [1.29, 1.82) is 0 Å². The van der Waals surface area contributed by atoms with Crippen molar-refractivity contribution in [3.8, 4) is 0 Å². The van der Waals surface area contributed by atoms with Crippen LogP contribution in [0.4, 0.5) is 10.5 Å². The van der Waals surface area contributed by atoms with Gasteiger partial charge < -0.3 is 15.8 Å². The molecule has 20 heavy (non-hydrogen) atoms. The third-order valence-corrected chi connectivity index (χ3v) is 2.53. The van der Waals surface area contributed by atoms with Gasteiger partial charge in [0, 0.05) is 5.69 Å². The van der Waals surface area contributed by atoms with Crippen molar-refractivity contribution in [2.75, 3.05) is 5.32 Å². The first-order valence-corrected chi connectivity index (χ1v) is 6.46. The molecule has 0 aliphatic carbocycles. The van der Waals surface area contributed by atoms with E-state index >= 15 is 0 Å². The van der Waals surface area contributed by atoms with Crippen LogP contribution in [0.15, 0.2) is 24.3 Å². The van der Waals surface area contributed by atoms with Crippen molar-refractivity contribution in [3.63, 3.8) is 0 Å². The first kappa shape index (κ1) is 16.0. The number of rotatable bonds is 6.